The lowest BCUT2D eigenvalue weighted by Crippen LogP contribution is -2.70. The zero-order valence-electron chi connectivity index (χ0n) is 30.6. The first kappa shape index (κ1) is 36.5. The molecule has 8 aliphatic rings. The Morgan fingerprint density at radius 3 is 2.39 bits per heavy atom. The van der Waals surface area contributed by atoms with Crippen molar-refractivity contribution in [2.75, 3.05) is 25.6 Å². The molecule has 284 valence electrons. The molecule has 2 saturated carbocycles. The number of rotatable bonds is 18. The maximum absolute atomic E-state index is 13.3. The Labute approximate surface area is 310 Å². The molecule has 0 bridgehead atoms. The van der Waals surface area contributed by atoms with E-state index in [1.807, 2.05) is 21.6 Å². The smallest absolute Gasteiger partial charge is 0.466 e. The van der Waals surface area contributed by atoms with Gasteiger partial charge in [0.2, 0.25) is 0 Å². The van der Waals surface area contributed by atoms with E-state index in [9.17, 15) is 14.4 Å². The number of esters is 2. The normalized spacial score (nSPS) is 40.7. The quantitative estimate of drug-likeness (QED) is 0.0450. The van der Waals surface area contributed by atoms with Crippen LogP contribution in [-0.2, 0) is 42.7 Å². The molecule has 0 amide bonds. The van der Waals surface area contributed by atoms with E-state index in [0.29, 0.717) is 32.7 Å². The molecule has 10 unspecified atom stereocenters. The van der Waals surface area contributed by atoms with Crippen LogP contribution in [0, 0.1) is 17.3 Å². The van der Waals surface area contributed by atoms with Crippen LogP contribution in [0.4, 0.5) is 4.79 Å². The van der Waals surface area contributed by atoms with Gasteiger partial charge in [-0.1, -0.05) is 87.3 Å². The lowest BCUT2D eigenvalue weighted by Gasteiger charge is -2.53. The van der Waals surface area contributed by atoms with Gasteiger partial charge in [-0.15, -0.1) is 0 Å². The minimum atomic E-state index is -0.768. The third-order valence-electron chi connectivity index (χ3n) is 13.7. The summed E-state index contributed by atoms with van der Waals surface area (Å²) in [6.45, 7) is 7.72. The predicted octanol–water partition coefficient (Wildman–Crippen LogP) is 7.64. The number of unbranched alkanes of at least 4 members (excludes halogenated alkanes) is 8. The van der Waals surface area contributed by atoms with Crippen LogP contribution < -0.4 is 0 Å². The van der Waals surface area contributed by atoms with Gasteiger partial charge in [-0.25, -0.2) is 9.59 Å². The first-order valence-corrected chi connectivity index (χ1v) is 22.3. The highest BCUT2D eigenvalue weighted by molar-refractivity contribution is 8.77. The number of epoxide rings is 3. The predicted molar refractivity (Wildman–Crippen MR) is 192 cm³/mol. The maximum atomic E-state index is 13.3. The molecule has 51 heavy (non-hydrogen) atoms. The Kier molecular flexibility index (Phi) is 10.2. The zero-order valence-corrected chi connectivity index (χ0v) is 32.2. The van der Waals surface area contributed by atoms with Crippen molar-refractivity contribution in [1.29, 1.82) is 0 Å². The highest BCUT2D eigenvalue weighted by Gasteiger charge is 3.01. The summed E-state index contributed by atoms with van der Waals surface area (Å²) >= 11 is 0. The largest absolute Gasteiger partial charge is 0.508 e. The van der Waals surface area contributed by atoms with Crippen molar-refractivity contribution in [1.82, 2.24) is 0 Å². The number of hydrogen-bond donors (Lipinski definition) is 0. The van der Waals surface area contributed by atoms with Crippen LogP contribution in [0.5, 0.6) is 0 Å². The van der Waals surface area contributed by atoms with Gasteiger partial charge in [0.1, 0.15) is 30.0 Å². The van der Waals surface area contributed by atoms with Gasteiger partial charge in [0, 0.05) is 28.4 Å². The second kappa shape index (κ2) is 14.3. The summed E-state index contributed by atoms with van der Waals surface area (Å²) in [5.74, 6) is 1.27. The van der Waals surface area contributed by atoms with E-state index in [2.05, 4.69) is 20.8 Å². The lowest BCUT2D eigenvalue weighted by atomic mass is 9.46. The molecule has 0 aromatic carbocycles. The Morgan fingerprint density at radius 2 is 1.67 bits per heavy atom. The monoisotopic (exact) mass is 748 g/mol. The number of fused-ring (bicyclic) bond motifs is 4. The topological polar surface area (TPSA) is 126 Å². The first-order valence-electron chi connectivity index (χ1n) is 19.9. The fourth-order valence-corrected chi connectivity index (χ4v) is 13.9. The second-order valence-electron chi connectivity index (χ2n) is 16.7. The summed E-state index contributed by atoms with van der Waals surface area (Å²) in [6.07, 6.45) is 14.0. The minimum Gasteiger partial charge on any atom is -0.466 e. The lowest BCUT2D eigenvalue weighted by molar-refractivity contribution is -0.144. The van der Waals surface area contributed by atoms with Gasteiger partial charge in [-0.3, -0.25) is 4.79 Å². The fraction of sp³-hybridized carbons (Fsp3) is 0.872. The summed E-state index contributed by atoms with van der Waals surface area (Å²) in [6, 6.07) is 0. The summed E-state index contributed by atoms with van der Waals surface area (Å²) in [5, 5.41) is 0.780. The molecule has 8 rings (SSSR count). The molecule has 5 heterocycles. The molecular weight excluding hydrogens is 693 g/mol. The summed E-state index contributed by atoms with van der Waals surface area (Å²) in [7, 11) is 3.98. The fourth-order valence-electron chi connectivity index (χ4n) is 10.9. The molecular formula is C39H56O10S2. The third-order valence-corrected chi connectivity index (χ3v) is 16.7. The Bertz CT molecular complexity index is 1400. The number of ether oxygens (including phenoxy) is 7. The van der Waals surface area contributed by atoms with Crippen LogP contribution in [-0.4, -0.2) is 90.1 Å². The van der Waals surface area contributed by atoms with Gasteiger partial charge in [-0.05, 0) is 68.8 Å². The molecule has 10 nitrogen and oxygen atoms in total. The van der Waals surface area contributed by atoms with E-state index in [1.165, 1.54) is 18.6 Å². The van der Waals surface area contributed by atoms with E-state index in [1.54, 1.807) is 0 Å². The molecule has 6 fully saturated rings. The number of hydrogen-bond acceptors (Lipinski definition) is 12. The van der Waals surface area contributed by atoms with Gasteiger partial charge in [0.15, 0.2) is 11.7 Å². The standard InChI is InChI=1S/C39H56O10S2/c1-24(2)37-31(48-37)32-39(49-32)36(3)18-16-26-27(23-45-33(26)41)28(36)22-29-38(39,47-29)34(37)46-35(42)44-20-13-9-7-5-4-6-8-12-19-43-30(40)15-11-10-14-25-17-21-50-51-25/h24-25,28-29,31-32,34H,4-23H2,1-3H3. The number of cyclic esters (lactones) is 1. The van der Waals surface area contributed by atoms with Crippen LogP contribution in [0.2, 0.25) is 0 Å². The zero-order chi connectivity index (χ0) is 35.4. The molecule has 0 aromatic rings. The van der Waals surface area contributed by atoms with E-state index < -0.39 is 29.1 Å². The minimum absolute atomic E-state index is 0.0474. The molecule has 0 radical (unpaired) electrons. The van der Waals surface area contributed by atoms with Crippen molar-refractivity contribution in [3.8, 4) is 0 Å². The first-order chi connectivity index (χ1) is 24.7. The highest BCUT2D eigenvalue weighted by Crippen LogP contribution is 2.83. The van der Waals surface area contributed by atoms with E-state index in [-0.39, 0.29) is 47.5 Å². The average molecular weight is 749 g/mol. The maximum Gasteiger partial charge on any atom is 0.508 e. The van der Waals surface area contributed by atoms with Crippen molar-refractivity contribution in [2.45, 2.75) is 170 Å². The van der Waals surface area contributed by atoms with Crippen molar-refractivity contribution in [2.24, 2.45) is 17.3 Å². The molecule has 4 saturated heterocycles. The van der Waals surface area contributed by atoms with Gasteiger partial charge < -0.3 is 33.2 Å². The van der Waals surface area contributed by atoms with Gasteiger partial charge in [0.25, 0.3) is 0 Å². The Hall–Kier alpha value is -1.47. The van der Waals surface area contributed by atoms with Crippen molar-refractivity contribution in [3.63, 3.8) is 0 Å². The van der Waals surface area contributed by atoms with Crippen LogP contribution in [0.15, 0.2) is 11.1 Å². The summed E-state index contributed by atoms with van der Waals surface area (Å²) in [4.78, 5) is 37.7. The van der Waals surface area contributed by atoms with Crippen LogP contribution in [0.3, 0.4) is 0 Å². The Balaban J connectivity index is 0.732. The SMILES string of the molecule is CC(C)C12OC1C1OC13C1(C)CCC4=C(COC4=O)C1CC1OC13C2OC(=O)OCCCCCCCCCCOC(=O)CCCCC1CCSS1. The van der Waals surface area contributed by atoms with Crippen LogP contribution in [0.25, 0.3) is 0 Å². The van der Waals surface area contributed by atoms with Crippen molar-refractivity contribution in [3.05, 3.63) is 11.1 Å². The van der Waals surface area contributed by atoms with Crippen LogP contribution >= 0.6 is 21.6 Å². The van der Waals surface area contributed by atoms with Crippen LogP contribution in [0.1, 0.15) is 124 Å². The summed E-state index contributed by atoms with van der Waals surface area (Å²) < 4.78 is 42.8. The van der Waals surface area contributed by atoms with E-state index >= 15 is 0 Å². The Morgan fingerprint density at radius 1 is 0.922 bits per heavy atom. The average Bonchev–Trinajstić information content (AvgIpc) is 4.05. The molecule has 2 spiro atoms. The van der Waals surface area contributed by atoms with E-state index in [0.717, 1.165) is 93.4 Å². The number of carbonyl (C=O) groups is 3. The van der Waals surface area contributed by atoms with Crippen molar-refractivity contribution >= 4 is 39.7 Å². The molecule has 10 atom stereocenters. The number of carbonyl (C=O) groups excluding carboxylic acids is 3. The molecule has 3 aliphatic carbocycles. The third kappa shape index (κ3) is 6.07. The highest BCUT2D eigenvalue weighted by atomic mass is 33.1. The van der Waals surface area contributed by atoms with E-state index in [4.69, 9.17) is 33.2 Å². The molecule has 5 aliphatic heterocycles. The molecule has 12 heteroatoms. The summed E-state index contributed by atoms with van der Waals surface area (Å²) in [5.41, 5.74) is -0.370. The van der Waals surface area contributed by atoms with Gasteiger partial charge in [-0.2, -0.15) is 0 Å². The molecule has 0 N–H and O–H groups in total. The molecule has 0 aromatic heterocycles. The second-order valence-corrected chi connectivity index (χ2v) is 19.5. The van der Waals surface area contributed by atoms with Crippen molar-refractivity contribution < 1.29 is 47.5 Å². The van der Waals surface area contributed by atoms with Gasteiger partial charge >= 0.3 is 18.1 Å². The van der Waals surface area contributed by atoms with Gasteiger partial charge in [0.05, 0.1) is 19.3 Å².